The molecule has 1 aromatic carbocycles. The molecular formula is C9H10IN3. The zero-order valence-corrected chi connectivity index (χ0v) is 9.21. The fourth-order valence-corrected chi connectivity index (χ4v) is 2.04. The number of rotatable bonds is 1. The number of anilines is 1. The van der Waals surface area contributed by atoms with Gasteiger partial charge in [0.25, 0.3) is 0 Å². The van der Waals surface area contributed by atoms with Gasteiger partial charge in [-0.25, -0.2) is 0 Å². The normalized spacial score (nSPS) is 15.3. The van der Waals surface area contributed by atoms with Gasteiger partial charge in [0.2, 0.25) is 0 Å². The number of halogens is 1. The number of nitrogen functional groups attached to an aromatic ring is 1. The Labute approximate surface area is 90.6 Å². The van der Waals surface area contributed by atoms with Gasteiger partial charge in [-0.3, -0.25) is 4.99 Å². The third-order valence-electron chi connectivity index (χ3n) is 1.87. The molecule has 68 valence electrons. The molecule has 13 heavy (non-hydrogen) atoms. The molecule has 3 N–H and O–H groups in total. The van der Waals surface area contributed by atoms with Gasteiger partial charge in [-0.2, -0.15) is 0 Å². The largest absolute Gasteiger partial charge is 0.399 e. The Morgan fingerprint density at radius 3 is 2.85 bits per heavy atom. The highest BCUT2D eigenvalue weighted by atomic mass is 127. The Morgan fingerprint density at radius 2 is 2.23 bits per heavy atom. The van der Waals surface area contributed by atoms with E-state index < -0.39 is 0 Å². The summed E-state index contributed by atoms with van der Waals surface area (Å²) in [5.74, 6) is 0.963. The number of nitrogens with one attached hydrogen (secondary N) is 1. The molecule has 0 bridgehead atoms. The lowest BCUT2D eigenvalue weighted by atomic mass is 10.2. The molecule has 1 aromatic rings. The zero-order valence-electron chi connectivity index (χ0n) is 7.05. The molecule has 0 saturated heterocycles. The van der Waals surface area contributed by atoms with Crippen LogP contribution in [0.3, 0.4) is 0 Å². The van der Waals surface area contributed by atoms with Gasteiger partial charge in [-0.15, -0.1) is 0 Å². The lowest BCUT2D eigenvalue weighted by Gasteiger charge is -2.04. The summed E-state index contributed by atoms with van der Waals surface area (Å²) in [5, 5.41) is 3.22. The van der Waals surface area contributed by atoms with Crippen LogP contribution in [-0.2, 0) is 0 Å². The number of hydrogen-bond donors (Lipinski definition) is 2. The predicted molar refractivity (Wildman–Crippen MR) is 63.0 cm³/mol. The van der Waals surface area contributed by atoms with Crippen LogP contribution in [0.4, 0.5) is 5.69 Å². The predicted octanol–water partition coefficient (Wildman–Crippen LogP) is 1.22. The van der Waals surface area contributed by atoms with Crippen LogP contribution in [0.25, 0.3) is 0 Å². The molecule has 0 radical (unpaired) electrons. The fourth-order valence-electron chi connectivity index (χ4n) is 1.34. The van der Waals surface area contributed by atoms with E-state index in [1.54, 1.807) is 0 Å². The molecule has 0 amide bonds. The lowest BCUT2D eigenvalue weighted by Crippen LogP contribution is -2.19. The average molecular weight is 287 g/mol. The molecule has 1 aliphatic heterocycles. The van der Waals surface area contributed by atoms with Crippen molar-refractivity contribution < 1.29 is 0 Å². The van der Waals surface area contributed by atoms with E-state index in [2.05, 4.69) is 39.0 Å². The molecule has 0 aliphatic carbocycles. The van der Waals surface area contributed by atoms with Gasteiger partial charge >= 0.3 is 0 Å². The summed E-state index contributed by atoms with van der Waals surface area (Å²) < 4.78 is 1.14. The minimum atomic E-state index is 0.790. The maximum atomic E-state index is 5.74. The van der Waals surface area contributed by atoms with Crippen LogP contribution in [0.1, 0.15) is 5.56 Å². The lowest BCUT2D eigenvalue weighted by molar-refractivity contribution is 0.960. The summed E-state index contributed by atoms with van der Waals surface area (Å²) in [6.07, 6.45) is 0. The molecule has 2 rings (SSSR count). The number of amidine groups is 1. The zero-order chi connectivity index (χ0) is 9.26. The molecule has 3 nitrogen and oxygen atoms in total. The number of hydrogen-bond acceptors (Lipinski definition) is 3. The van der Waals surface area contributed by atoms with Crippen molar-refractivity contribution in [2.24, 2.45) is 4.99 Å². The van der Waals surface area contributed by atoms with Crippen LogP contribution in [0.15, 0.2) is 23.2 Å². The smallest absolute Gasteiger partial charge is 0.128 e. The third kappa shape index (κ3) is 1.93. The van der Waals surface area contributed by atoms with Crippen molar-refractivity contribution >= 4 is 34.1 Å². The van der Waals surface area contributed by atoms with Crippen molar-refractivity contribution in [1.82, 2.24) is 5.32 Å². The highest BCUT2D eigenvalue weighted by molar-refractivity contribution is 14.1. The second-order valence-corrected chi connectivity index (χ2v) is 4.18. The number of benzene rings is 1. The Kier molecular flexibility index (Phi) is 2.39. The van der Waals surface area contributed by atoms with Crippen molar-refractivity contribution in [2.75, 3.05) is 18.8 Å². The van der Waals surface area contributed by atoms with E-state index in [-0.39, 0.29) is 0 Å². The Morgan fingerprint density at radius 1 is 1.38 bits per heavy atom. The Bertz CT molecular complexity index is 340. The van der Waals surface area contributed by atoms with Gasteiger partial charge in [0.15, 0.2) is 0 Å². The minimum Gasteiger partial charge on any atom is -0.399 e. The quantitative estimate of drug-likeness (QED) is 0.603. The molecule has 0 atom stereocenters. The monoisotopic (exact) mass is 287 g/mol. The van der Waals surface area contributed by atoms with Gasteiger partial charge in [0.05, 0.1) is 6.54 Å². The van der Waals surface area contributed by atoms with Gasteiger partial charge in [0.1, 0.15) is 5.84 Å². The van der Waals surface area contributed by atoms with Crippen molar-refractivity contribution in [1.29, 1.82) is 0 Å². The van der Waals surface area contributed by atoms with Crippen LogP contribution < -0.4 is 11.1 Å². The minimum absolute atomic E-state index is 0.790. The third-order valence-corrected chi connectivity index (χ3v) is 2.49. The van der Waals surface area contributed by atoms with Crippen molar-refractivity contribution in [3.8, 4) is 0 Å². The summed E-state index contributed by atoms with van der Waals surface area (Å²) in [4.78, 5) is 4.33. The summed E-state index contributed by atoms with van der Waals surface area (Å²) in [6, 6.07) is 5.97. The highest BCUT2D eigenvalue weighted by Gasteiger charge is 2.08. The standard InChI is InChI=1S/C9H10IN3/c10-7-3-6(4-8(11)5-7)9-12-1-2-13-9/h3-5H,1-2,11H2,(H,12,13). The maximum absolute atomic E-state index is 5.74. The van der Waals surface area contributed by atoms with E-state index in [0.29, 0.717) is 0 Å². The summed E-state index contributed by atoms with van der Waals surface area (Å²) in [7, 11) is 0. The van der Waals surface area contributed by atoms with E-state index in [1.165, 1.54) is 0 Å². The summed E-state index contributed by atoms with van der Waals surface area (Å²) >= 11 is 2.25. The molecule has 0 aromatic heterocycles. The van der Waals surface area contributed by atoms with E-state index >= 15 is 0 Å². The van der Waals surface area contributed by atoms with E-state index in [9.17, 15) is 0 Å². The first-order valence-corrected chi connectivity index (χ1v) is 5.18. The van der Waals surface area contributed by atoms with Crippen molar-refractivity contribution in [3.05, 3.63) is 27.3 Å². The molecule has 4 heteroatoms. The number of nitrogens with zero attached hydrogens (tertiary/aromatic N) is 1. The fraction of sp³-hybridized carbons (Fsp3) is 0.222. The summed E-state index contributed by atoms with van der Waals surface area (Å²) in [6.45, 7) is 1.79. The van der Waals surface area contributed by atoms with Crippen molar-refractivity contribution in [3.63, 3.8) is 0 Å². The first kappa shape index (κ1) is 8.80. The first-order valence-electron chi connectivity index (χ1n) is 4.10. The molecule has 1 heterocycles. The molecule has 0 spiro atoms. The van der Waals surface area contributed by atoms with Crippen LogP contribution in [0, 0.1) is 3.57 Å². The Hall–Kier alpha value is -0.780. The second kappa shape index (κ2) is 3.53. The molecule has 0 unspecified atom stereocenters. The number of nitrogens with two attached hydrogens (primary N) is 1. The van der Waals surface area contributed by atoms with Gasteiger partial charge in [-0.05, 0) is 40.8 Å². The SMILES string of the molecule is Nc1cc(I)cc(C2=NCCN2)c1. The van der Waals surface area contributed by atoms with Crippen LogP contribution in [-0.4, -0.2) is 18.9 Å². The Balaban J connectivity index is 2.39. The van der Waals surface area contributed by atoms with E-state index in [4.69, 9.17) is 5.73 Å². The van der Waals surface area contributed by atoms with Crippen LogP contribution >= 0.6 is 22.6 Å². The molecule has 1 aliphatic rings. The topological polar surface area (TPSA) is 50.4 Å². The van der Waals surface area contributed by atoms with Gasteiger partial charge in [-0.1, -0.05) is 0 Å². The van der Waals surface area contributed by atoms with Gasteiger partial charge < -0.3 is 11.1 Å². The first-order chi connectivity index (χ1) is 6.25. The van der Waals surface area contributed by atoms with Crippen LogP contribution in [0.5, 0.6) is 0 Å². The van der Waals surface area contributed by atoms with E-state index in [0.717, 1.165) is 33.7 Å². The second-order valence-electron chi connectivity index (χ2n) is 2.93. The van der Waals surface area contributed by atoms with Crippen molar-refractivity contribution in [2.45, 2.75) is 0 Å². The van der Waals surface area contributed by atoms with Gasteiger partial charge in [0, 0.05) is 21.4 Å². The van der Waals surface area contributed by atoms with Crippen LogP contribution in [0.2, 0.25) is 0 Å². The average Bonchev–Trinajstić information content (AvgIpc) is 2.53. The molecule has 0 saturated carbocycles. The maximum Gasteiger partial charge on any atom is 0.128 e. The molecule has 0 fully saturated rings. The summed E-state index contributed by atoms with van der Waals surface area (Å²) in [5.41, 5.74) is 7.61. The highest BCUT2D eigenvalue weighted by Crippen LogP contribution is 2.14. The number of aliphatic imine (C=N–C) groups is 1. The van der Waals surface area contributed by atoms with E-state index in [1.807, 2.05) is 12.1 Å². The molecular weight excluding hydrogens is 277 g/mol.